The largest absolute Gasteiger partial charge is 0.383 e. The van der Waals surface area contributed by atoms with E-state index in [4.69, 9.17) is 22.7 Å². The molecule has 1 atom stereocenters. The number of hydrogen-bond donors (Lipinski definition) is 3. The molecule has 0 aliphatic carbocycles. The Kier molecular flexibility index (Phi) is 1.91. The van der Waals surface area contributed by atoms with E-state index in [1.54, 1.807) is 0 Å². The number of nitrogens with zero attached hydrogens (tertiary/aromatic N) is 1. The van der Waals surface area contributed by atoms with Crippen LogP contribution in [0.15, 0.2) is 16.4 Å². The van der Waals surface area contributed by atoms with Gasteiger partial charge in [0.15, 0.2) is 0 Å². The van der Waals surface area contributed by atoms with Crippen LogP contribution in [0.5, 0.6) is 0 Å². The van der Waals surface area contributed by atoms with Crippen LogP contribution in [0.1, 0.15) is 0 Å². The Labute approximate surface area is 63.3 Å². The molecule has 10 heavy (non-hydrogen) atoms. The molecule has 0 saturated heterocycles. The predicted octanol–water partition coefficient (Wildman–Crippen LogP) is 0.00267. The molecule has 1 aliphatic rings. The van der Waals surface area contributed by atoms with E-state index in [0.29, 0.717) is 11.4 Å². The lowest BCUT2D eigenvalue weighted by Gasteiger charge is -2.14. The van der Waals surface area contributed by atoms with Gasteiger partial charge in [-0.2, -0.15) is 0 Å². The summed E-state index contributed by atoms with van der Waals surface area (Å²) in [5, 5.41) is 9.59. The summed E-state index contributed by atoms with van der Waals surface area (Å²) < 4.78 is 0. The molecule has 0 amide bonds. The highest BCUT2D eigenvalue weighted by atomic mass is 35.5. The Morgan fingerprint density at radius 1 is 1.90 bits per heavy atom. The molecule has 0 aromatic carbocycles. The van der Waals surface area contributed by atoms with Gasteiger partial charge in [-0.1, -0.05) is 11.6 Å². The first-order valence-corrected chi connectivity index (χ1v) is 3.12. The monoisotopic (exact) mass is 158 g/mol. The van der Waals surface area contributed by atoms with Gasteiger partial charge in [0.05, 0.1) is 6.34 Å². The van der Waals surface area contributed by atoms with E-state index >= 15 is 0 Å². The fourth-order valence-corrected chi connectivity index (χ4v) is 0.845. The van der Waals surface area contributed by atoms with Crippen LogP contribution >= 0.6 is 11.6 Å². The van der Waals surface area contributed by atoms with Crippen LogP contribution in [0.4, 0.5) is 0 Å². The molecule has 0 aromatic rings. The van der Waals surface area contributed by atoms with Crippen molar-refractivity contribution in [1.82, 2.24) is 5.32 Å². The molecular formula is C5H7ClN4. The average Bonchev–Trinajstić information content (AvgIpc) is 1.88. The van der Waals surface area contributed by atoms with Gasteiger partial charge in [0.25, 0.3) is 0 Å². The number of hydrogen-bond acceptors (Lipinski definition) is 4. The lowest BCUT2D eigenvalue weighted by Crippen LogP contribution is -2.30. The summed E-state index contributed by atoms with van der Waals surface area (Å²) in [6.45, 7) is 0. The van der Waals surface area contributed by atoms with Crippen LogP contribution in [0.3, 0.4) is 0 Å². The van der Waals surface area contributed by atoms with Crippen molar-refractivity contribution >= 4 is 24.2 Å². The predicted molar refractivity (Wildman–Crippen MR) is 41.3 cm³/mol. The molecule has 1 rings (SSSR count). The van der Waals surface area contributed by atoms with Crippen LogP contribution < -0.4 is 11.1 Å². The zero-order valence-electron chi connectivity index (χ0n) is 5.13. The van der Waals surface area contributed by atoms with Crippen molar-refractivity contribution in [2.24, 2.45) is 10.7 Å². The number of alkyl halides is 1. The number of halogens is 1. The Morgan fingerprint density at radius 2 is 2.60 bits per heavy atom. The highest BCUT2D eigenvalue weighted by Gasteiger charge is 2.13. The van der Waals surface area contributed by atoms with Crippen molar-refractivity contribution in [3.8, 4) is 0 Å². The molecular weight excluding hydrogens is 152 g/mol. The molecule has 0 saturated carbocycles. The highest BCUT2D eigenvalue weighted by molar-refractivity contribution is 6.25. The molecule has 0 aromatic heterocycles. The minimum Gasteiger partial charge on any atom is -0.383 e. The minimum absolute atomic E-state index is 0.300. The van der Waals surface area contributed by atoms with Crippen molar-refractivity contribution < 1.29 is 0 Å². The Balaban J connectivity index is 2.94. The molecule has 54 valence electrons. The zero-order valence-corrected chi connectivity index (χ0v) is 5.89. The second kappa shape index (κ2) is 2.70. The van der Waals surface area contributed by atoms with E-state index < -0.39 is 5.50 Å². The molecule has 4 nitrogen and oxygen atoms in total. The molecule has 5 heteroatoms. The smallest absolute Gasteiger partial charge is 0.133 e. The second-order valence-corrected chi connectivity index (χ2v) is 2.21. The van der Waals surface area contributed by atoms with Gasteiger partial charge in [-0.25, -0.2) is 4.99 Å². The van der Waals surface area contributed by atoms with Crippen LogP contribution in [0.25, 0.3) is 0 Å². The van der Waals surface area contributed by atoms with Gasteiger partial charge >= 0.3 is 0 Å². The maximum atomic E-state index is 6.90. The third-order valence-corrected chi connectivity index (χ3v) is 1.51. The molecule has 0 radical (unpaired) electrons. The van der Waals surface area contributed by atoms with E-state index in [2.05, 4.69) is 10.3 Å². The van der Waals surface area contributed by atoms with Crippen LogP contribution in [-0.4, -0.2) is 18.1 Å². The van der Waals surface area contributed by atoms with Crippen molar-refractivity contribution in [2.45, 2.75) is 5.50 Å². The summed E-state index contributed by atoms with van der Waals surface area (Å²) in [7, 11) is 0. The SMILES string of the molecule is N=CC1=C(N)N=CNC1Cl. The average molecular weight is 159 g/mol. The lowest BCUT2D eigenvalue weighted by molar-refractivity contribution is 0.906. The van der Waals surface area contributed by atoms with E-state index in [0.717, 1.165) is 6.21 Å². The standard InChI is InChI=1S/C5H7ClN4/c6-4-3(1-7)5(8)10-2-9-4/h1-2,4,7H,8H2,(H,9,10). The summed E-state index contributed by atoms with van der Waals surface area (Å²) in [6, 6.07) is 0. The fourth-order valence-electron chi connectivity index (χ4n) is 0.614. The van der Waals surface area contributed by atoms with Gasteiger partial charge in [0.1, 0.15) is 11.3 Å². The fraction of sp³-hybridized carbons (Fsp3) is 0.200. The Morgan fingerprint density at radius 3 is 3.00 bits per heavy atom. The molecule has 0 bridgehead atoms. The maximum absolute atomic E-state index is 6.90. The van der Waals surface area contributed by atoms with E-state index in [1.165, 1.54) is 6.34 Å². The summed E-state index contributed by atoms with van der Waals surface area (Å²) >= 11 is 5.69. The third kappa shape index (κ3) is 1.11. The molecule has 1 heterocycles. The number of aliphatic imine (C=N–C) groups is 1. The number of nitrogens with two attached hydrogens (primary N) is 1. The van der Waals surface area contributed by atoms with Crippen LogP contribution in [-0.2, 0) is 0 Å². The minimum atomic E-state index is -0.421. The van der Waals surface area contributed by atoms with Gasteiger partial charge in [0, 0.05) is 11.8 Å². The highest BCUT2D eigenvalue weighted by Crippen LogP contribution is 2.10. The topological polar surface area (TPSA) is 74.3 Å². The van der Waals surface area contributed by atoms with Gasteiger partial charge < -0.3 is 16.5 Å². The Hall–Kier alpha value is -1.03. The zero-order chi connectivity index (χ0) is 7.56. The van der Waals surface area contributed by atoms with Gasteiger partial charge in [-0.15, -0.1) is 0 Å². The van der Waals surface area contributed by atoms with Gasteiger partial charge in [0.2, 0.25) is 0 Å². The van der Waals surface area contributed by atoms with Crippen LogP contribution in [0, 0.1) is 5.41 Å². The lowest BCUT2D eigenvalue weighted by atomic mass is 10.2. The molecule has 0 spiro atoms. The second-order valence-electron chi connectivity index (χ2n) is 1.77. The number of nitrogens with one attached hydrogen (secondary N) is 2. The van der Waals surface area contributed by atoms with Gasteiger partial charge in [-0.05, 0) is 0 Å². The normalized spacial score (nSPS) is 24.3. The van der Waals surface area contributed by atoms with Crippen molar-refractivity contribution in [3.63, 3.8) is 0 Å². The number of rotatable bonds is 1. The first-order valence-electron chi connectivity index (χ1n) is 2.68. The Bertz CT molecular complexity index is 208. The van der Waals surface area contributed by atoms with Crippen molar-refractivity contribution in [3.05, 3.63) is 11.4 Å². The maximum Gasteiger partial charge on any atom is 0.133 e. The first kappa shape index (κ1) is 7.08. The summed E-state index contributed by atoms with van der Waals surface area (Å²) in [5.74, 6) is 0.300. The third-order valence-electron chi connectivity index (χ3n) is 1.15. The van der Waals surface area contributed by atoms with Crippen molar-refractivity contribution in [1.29, 1.82) is 5.41 Å². The van der Waals surface area contributed by atoms with Gasteiger partial charge in [-0.3, -0.25) is 0 Å². The summed E-state index contributed by atoms with van der Waals surface area (Å²) in [4.78, 5) is 3.72. The van der Waals surface area contributed by atoms with E-state index in [1.807, 2.05) is 0 Å². The van der Waals surface area contributed by atoms with E-state index in [-0.39, 0.29) is 0 Å². The molecule has 1 unspecified atom stereocenters. The molecule has 4 N–H and O–H groups in total. The first-order chi connectivity index (χ1) is 4.75. The van der Waals surface area contributed by atoms with Crippen molar-refractivity contribution in [2.75, 3.05) is 0 Å². The molecule has 0 fully saturated rings. The summed E-state index contributed by atoms with van der Waals surface area (Å²) in [5.41, 5.74) is 5.47. The van der Waals surface area contributed by atoms with E-state index in [9.17, 15) is 0 Å². The molecule has 1 aliphatic heterocycles. The quantitative estimate of drug-likeness (QED) is 0.286. The van der Waals surface area contributed by atoms with Crippen LogP contribution in [0.2, 0.25) is 0 Å². The summed E-state index contributed by atoms with van der Waals surface area (Å²) in [6.07, 6.45) is 2.51.